The van der Waals surface area contributed by atoms with Gasteiger partial charge in [-0.25, -0.2) is 8.42 Å². The van der Waals surface area contributed by atoms with Gasteiger partial charge in [0.1, 0.15) is 0 Å². The molecule has 2 aliphatic heterocycles. The maximum atomic E-state index is 13.0. The molecule has 0 N–H and O–H groups in total. The first-order valence-corrected chi connectivity index (χ1v) is 11.6. The molecule has 0 bridgehead atoms. The van der Waals surface area contributed by atoms with Gasteiger partial charge in [-0.3, -0.25) is 9.69 Å². The predicted octanol–water partition coefficient (Wildman–Crippen LogP) is 2.63. The van der Waals surface area contributed by atoms with Gasteiger partial charge < -0.3 is 4.90 Å². The molecule has 0 radical (unpaired) electrons. The number of rotatable bonds is 5. The Morgan fingerprint density at radius 2 is 1.66 bits per heavy atom. The summed E-state index contributed by atoms with van der Waals surface area (Å²) >= 11 is 0. The van der Waals surface area contributed by atoms with Gasteiger partial charge in [0.15, 0.2) is 0 Å². The molecule has 0 atom stereocenters. The zero-order valence-electron chi connectivity index (χ0n) is 16.8. The summed E-state index contributed by atoms with van der Waals surface area (Å²) in [5.74, 6) is 0.102. The molecule has 0 saturated carbocycles. The molecule has 2 saturated heterocycles. The molecule has 0 unspecified atom stereocenters. The molecule has 2 aromatic rings. The Balaban J connectivity index is 1.39. The van der Waals surface area contributed by atoms with Gasteiger partial charge in [-0.05, 0) is 43.2 Å². The number of hydrogen-bond donors (Lipinski definition) is 0. The fraction of sp³-hybridized carbons (Fsp3) is 0.409. The van der Waals surface area contributed by atoms with Crippen molar-refractivity contribution in [3.63, 3.8) is 0 Å². The molecule has 0 aliphatic carbocycles. The molecule has 2 fully saturated rings. The summed E-state index contributed by atoms with van der Waals surface area (Å²) in [5, 5.41) is 0. The number of anilines is 1. The Kier molecular flexibility index (Phi) is 5.72. The lowest BCUT2D eigenvalue weighted by molar-refractivity contribution is -0.117. The molecule has 0 aromatic heterocycles. The number of carbonyl (C=O) groups is 1. The maximum absolute atomic E-state index is 13.0. The van der Waals surface area contributed by atoms with Crippen LogP contribution in [0.15, 0.2) is 53.4 Å². The number of benzene rings is 2. The molecule has 7 heteroatoms. The van der Waals surface area contributed by atoms with Crippen LogP contribution in [0.4, 0.5) is 5.69 Å². The van der Waals surface area contributed by atoms with Crippen molar-refractivity contribution in [2.24, 2.45) is 0 Å². The SMILES string of the molecule is Cc1cccc(CN2CCN(S(=O)(=O)c3ccc(N4CCCC4=O)cc3)CC2)c1. The molecule has 6 nitrogen and oxygen atoms in total. The van der Waals surface area contributed by atoms with E-state index in [1.165, 1.54) is 11.1 Å². The number of piperazine rings is 1. The molecule has 0 spiro atoms. The van der Waals surface area contributed by atoms with Crippen molar-refractivity contribution >= 4 is 21.6 Å². The third-order valence-corrected chi connectivity index (χ3v) is 7.59. The van der Waals surface area contributed by atoms with Gasteiger partial charge in [-0.1, -0.05) is 29.8 Å². The summed E-state index contributed by atoms with van der Waals surface area (Å²) in [6.45, 7) is 6.03. The van der Waals surface area contributed by atoms with Crippen LogP contribution in [0, 0.1) is 6.92 Å². The van der Waals surface area contributed by atoms with Crippen LogP contribution in [0.25, 0.3) is 0 Å². The van der Waals surface area contributed by atoms with Crippen LogP contribution in [0.3, 0.4) is 0 Å². The Morgan fingerprint density at radius 3 is 2.28 bits per heavy atom. The molecular formula is C22H27N3O3S. The standard InChI is InChI=1S/C22H27N3O3S/c1-18-4-2-5-19(16-18)17-23-12-14-24(15-13-23)29(27,28)21-9-7-20(8-10-21)25-11-3-6-22(25)26/h2,4-5,7-10,16H,3,6,11-15,17H2,1H3. The molecule has 2 aromatic carbocycles. The lowest BCUT2D eigenvalue weighted by Crippen LogP contribution is -2.48. The Labute approximate surface area is 172 Å². The first-order valence-electron chi connectivity index (χ1n) is 10.1. The van der Waals surface area contributed by atoms with Gasteiger partial charge in [0.25, 0.3) is 0 Å². The molecule has 154 valence electrons. The van der Waals surface area contributed by atoms with E-state index in [9.17, 15) is 13.2 Å². The van der Waals surface area contributed by atoms with Gasteiger partial charge in [-0.2, -0.15) is 4.31 Å². The van der Waals surface area contributed by atoms with Crippen LogP contribution >= 0.6 is 0 Å². The molecule has 29 heavy (non-hydrogen) atoms. The second kappa shape index (κ2) is 8.26. The maximum Gasteiger partial charge on any atom is 0.243 e. The van der Waals surface area contributed by atoms with Gasteiger partial charge in [0.2, 0.25) is 15.9 Å². The topological polar surface area (TPSA) is 60.9 Å². The number of sulfonamides is 1. The number of aryl methyl sites for hydroxylation is 1. The average molecular weight is 414 g/mol. The van der Waals surface area contributed by atoms with E-state index < -0.39 is 10.0 Å². The van der Waals surface area contributed by atoms with E-state index in [1.54, 1.807) is 33.5 Å². The van der Waals surface area contributed by atoms with E-state index in [1.807, 2.05) is 0 Å². The van der Waals surface area contributed by atoms with E-state index in [2.05, 4.69) is 36.1 Å². The summed E-state index contributed by atoms with van der Waals surface area (Å²) in [5.41, 5.74) is 3.27. The fourth-order valence-electron chi connectivity index (χ4n) is 4.06. The highest BCUT2D eigenvalue weighted by Crippen LogP contribution is 2.25. The van der Waals surface area contributed by atoms with Crippen LogP contribution in [0.5, 0.6) is 0 Å². The average Bonchev–Trinajstić information content (AvgIpc) is 3.14. The lowest BCUT2D eigenvalue weighted by Gasteiger charge is -2.34. The molecular weight excluding hydrogens is 386 g/mol. The second-order valence-corrected chi connectivity index (χ2v) is 9.75. The normalized spacial score (nSPS) is 19.1. The van der Waals surface area contributed by atoms with E-state index >= 15 is 0 Å². The predicted molar refractivity (Wildman–Crippen MR) is 113 cm³/mol. The van der Waals surface area contributed by atoms with Crippen LogP contribution in [-0.2, 0) is 21.4 Å². The van der Waals surface area contributed by atoms with Crippen molar-refractivity contribution in [2.45, 2.75) is 31.2 Å². The minimum Gasteiger partial charge on any atom is -0.312 e. The van der Waals surface area contributed by atoms with Crippen molar-refractivity contribution in [1.82, 2.24) is 9.21 Å². The Morgan fingerprint density at radius 1 is 0.931 bits per heavy atom. The highest BCUT2D eigenvalue weighted by atomic mass is 32.2. The Bertz CT molecular complexity index is 981. The van der Waals surface area contributed by atoms with Gasteiger partial charge in [0, 0.05) is 51.4 Å². The summed E-state index contributed by atoms with van der Waals surface area (Å²) in [4.78, 5) is 16.2. The number of hydrogen-bond acceptors (Lipinski definition) is 4. The minimum atomic E-state index is -3.52. The zero-order valence-corrected chi connectivity index (χ0v) is 17.6. The van der Waals surface area contributed by atoms with Crippen LogP contribution in [-0.4, -0.2) is 56.3 Å². The van der Waals surface area contributed by atoms with Crippen molar-refractivity contribution in [2.75, 3.05) is 37.6 Å². The van der Waals surface area contributed by atoms with Crippen molar-refractivity contribution in [3.05, 3.63) is 59.7 Å². The molecule has 2 aliphatic rings. The summed E-state index contributed by atoms with van der Waals surface area (Å²) < 4.78 is 27.6. The highest BCUT2D eigenvalue weighted by molar-refractivity contribution is 7.89. The monoisotopic (exact) mass is 413 g/mol. The van der Waals surface area contributed by atoms with Crippen molar-refractivity contribution in [3.8, 4) is 0 Å². The van der Waals surface area contributed by atoms with Crippen molar-refractivity contribution in [1.29, 1.82) is 0 Å². The third-order valence-electron chi connectivity index (χ3n) is 5.68. The van der Waals surface area contributed by atoms with Crippen LogP contribution in [0.1, 0.15) is 24.0 Å². The van der Waals surface area contributed by atoms with Crippen LogP contribution in [0.2, 0.25) is 0 Å². The largest absolute Gasteiger partial charge is 0.312 e. The van der Waals surface area contributed by atoms with Gasteiger partial charge >= 0.3 is 0 Å². The van der Waals surface area contributed by atoms with Gasteiger partial charge in [-0.15, -0.1) is 0 Å². The highest BCUT2D eigenvalue weighted by Gasteiger charge is 2.29. The summed E-state index contributed by atoms with van der Waals surface area (Å²) in [6, 6.07) is 15.2. The zero-order chi connectivity index (χ0) is 20.4. The van der Waals surface area contributed by atoms with E-state index in [-0.39, 0.29) is 5.91 Å². The lowest BCUT2D eigenvalue weighted by atomic mass is 10.1. The Hall–Kier alpha value is -2.22. The second-order valence-electron chi connectivity index (χ2n) is 7.81. The van der Waals surface area contributed by atoms with Crippen LogP contribution < -0.4 is 4.90 Å². The molecule has 4 rings (SSSR count). The minimum absolute atomic E-state index is 0.102. The smallest absolute Gasteiger partial charge is 0.243 e. The quantitative estimate of drug-likeness (QED) is 0.756. The number of nitrogens with zero attached hydrogens (tertiary/aromatic N) is 3. The van der Waals surface area contributed by atoms with E-state index in [0.717, 1.165) is 18.7 Å². The third kappa shape index (κ3) is 4.37. The fourth-order valence-corrected chi connectivity index (χ4v) is 5.49. The van der Waals surface area contributed by atoms with Gasteiger partial charge in [0.05, 0.1) is 4.90 Å². The van der Waals surface area contributed by atoms with E-state index in [4.69, 9.17) is 0 Å². The first-order chi connectivity index (χ1) is 13.9. The molecule has 2 heterocycles. The summed E-state index contributed by atoms with van der Waals surface area (Å²) in [7, 11) is -3.52. The summed E-state index contributed by atoms with van der Waals surface area (Å²) in [6.07, 6.45) is 1.42. The van der Waals surface area contributed by atoms with E-state index in [0.29, 0.717) is 44.0 Å². The number of carbonyl (C=O) groups excluding carboxylic acids is 1. The number of amides is 1. The molecule has 1 amide bonds. The van der Waals surface area contributed by atoms with Crippen molar-refractivity contribution < 1.29 is 13.2 Å². The first kappa shape index (κ1) is 20.1.